The molecular weight excluding hydrogens is 250 g/mol. The third-order valence-corrected chi connectivity index (χ3v) is 3.45. The van der Waals surface area contributed by atoms with Gasteiger partial charge in [0.05, 0.1) is 11.8 Å². The summed E-state index contributed by atoms with van der Waals surface area (Å²) in [7, 11) is 1.83. The molecule has 1 atom stereocenters. The summed E-state index contributed by atoms with van der Waals surface area (Å²) in [6.45, 7) is 8.18. The minimum atomic E-state index is -0.0781. The van der Waals surface area contributed by atoms with E-state index in [1.54, 1.807) is 10.9 Å². The number of rotatable bonds is 4. The summed E-state index contributed by atoms with van der Waals surface area (Å²) in [5.74, 6) is 0.458. The van der Waals surface area contributed by atoms with E-state index in [9.17, 15) is 4.79 Å². The lowest BCUT2D eigenvalue weighted by atomic mass is 9.85. The number of halogens is 1. The highest BCUT2D eigenvalue weighted by Gasteiger charge is 2.26. The molecule has 1 unspecified atom stereocenters. The summed E-state index contributed by atoms with van der Waals surface area (Å²) in [6.07, 6.45) is 2.36. The molecule has 0 aromatic carbocycles. The van der Waals surface area contributed by atoms with Crippen LogP contribution in [0.4, 0.5) is 0 Å². The second-order valence-electron chi connectivity index (χ2n) is 5.64. The maximum atomic E-state index is 12.2. The van der Waals surface area contributed by atoms with Crippen LogP contribution in [0.1, 0.15) is 43.2 Å². The number of nitrogens with one attached hydrogen (secondary N) is 1. The van der Waals surface area contributed by atoms with Gasteiger partial charge in [-0.1, -0.05) is 20.8 Å². The molecule has 1 rings (SSSR count). The summed E-state index contributed by atoms with van der Waals surface area (Å²) in [5.41, 5.74) is 1.48. The molecule has 0 saturated carbocycles. The maximum Gasteiger partial charge on any atom is 0.254 e. The van der Waals surface area contributed by atoms with Gasteiger partial charge in [0.15, 0.2) is 0 Å². The van der Waals surface area contributed by atoms with Crippen LogP contribution < -0.4 is 5.32 Å². The van der Waals surface area contributed by atoms with E-state index < -0.39 is 0 Å². The molecule has 18 heavy (non-hydrogen) atoms. The quantitative estimate of drug-likeness (QED) is 0.856. The Labute approximate surface area is 114 Å². The van der Waals surface area contributed by atoms with Crippen molar-refractivity contribution in [2.75, 3.05) is 5.88 Å². The first kappa shape index (κ1) is 15.0. The topological polar surface area (TPSA) is 46.9 Å². The smallest absolute Gasteiger partial charge is 0.254 e. The molecule has 1 amide bonds. The first-order valence-corrected chi connectivity index (χ1v) is 6.66. The normalized spacial score (nSPS) is 13.4. The summed E-state index contributed by atoms with van der Waals surface area (Å²) in [5, 5.41) is 7.13. The number of nitrogens with zero attached hydrogens (tertiary/aromatic N) is 2. The molecule has 0 aliphatic rings. The van der Waals surface area contributed by atoms with Crippen molar-refractivity contribution in [3.05, 3.63) is 17.5 Å². The molecule has 0 fully saturated rings. The third-order valence-electron chi connectivity index (χ3n) is 3.23. The Hall–Kier alpha value is -1.03. The molecule has 0 aliphatic carbocycles. The lowest BCUT2D eigenvalue weighted by Gasteiger charge is -2.31. The van der Waals surface area contributed by atoms with Crippen molar-refractivity contribution < 1.29 is 4.79 Å². The Bertz CT molecular complexity index is 420. The number of carbonyl (C=O) groups excluding carboxylic acids is 1. The number of aromatic nitrogens is 2. The lowest BCUT2D eigenvalue weighted by molar-refractivity contribution is 0.0899. The van der Waals surface area contributed by atoms with Gasteiger partial charge < -0.3 is 5.32 Å². The molecule has 102 valence electrons. The van der Waals surface area contributed by atoms with Gasteiger partial charge in [0.2, 0.25) is 0 Å². The highest BCUT2D eigenvalue weighted by Crippen LogP contribution is 2.22. The van der Waals surface area contributed by atoms with Crippen molar-refractivity contribution in [1.29, 1.82) is 0 Å². The van der Waals surface area contributed by atoms with E-state index in [0.29, 0.717) is 11.4 Å². The van der Waals surface area contributed by atoms with Gasteiger partial charge in [0.1, 0.15) is 0 Å². The van der Waals surface area contributed by atoms with E-state index in [1.165, 1.54) is 0 Å². The Kier molecular flexibility index (Phi) is 4.79. The summed E-state index contributed by atoms with van der Waals surface area (Å²) < 4.78 is 1.70. The van der Waals surface area contributed by atoms with Gasteiger partial charge in [-0.2, -0.15) is 5.10 Å². The average Bonchev–Trinajstić information content (AvgIpc) is 2.58. The molecule has 1 N–H and O–H groups in total. The van der Waals surface area contributed by atoms with Crippen LogP contribution in [0.25, 0.3) is 0 Å². The van der Waals surface area contributed by atoms with E-state index in [4.69, 9.17) is 11.6 Å². The van der Waals surface area contributed by atoms with E-state index in [1.807, 2.05) is 14.0 Å². The Morgan fingerprint density at radius 2 is 2.17 bits per heavy atom. The van der Waals surface area contributed by atoms with Crippen molar-refractivity contribution in [3.63, 3.8) is 0 Å². The molecule has 1 aromatic rings. The first-order valence-electron chi connectivity index (χ1n) is 6.12. The van der Waals surface area contributed by atoms with Crippen molar-refractivity contribution in [3.8, 4) is 0 Å². The molecule has 4 nitrogen and oxygen atoms in total. The van der Waals surface area contributed by atoms with E-state index in [-0.39, 0.29) is 17.4 Å². The van der Waals surface area contributed by atoms with Crippen LogP contribution in [0.3, 0.4) is 0 Å². The van der Waals surface area contributed by atoms with Crippen molar-refractivity contribution in [2.24, 2.45) is 12.5 Å². The number of amides is 1. The SMILES string of the molecule is Cc1c(C(=O)NC(CCCl)C(C)(C)C)cnn1C. The maximum absolute atomic E-state index is 12.2. The number of aryl methyl sites for hydroxylation is 1. The van der Waals surface area contributed by atoms with Gasteiger partial charge in [-0.3, -0.25) is 9.48 Å². The van der Waals surface area contributed by atoms with E-state index >= 15 is 0 Å². The minimum absolute atomic E-state index is 0.0132. The molecule has 1 aromatic heterocycles. The zero-order valence-electron chi connectivity index (χ0n) is 11.7. The lowest BCUT2D eigenvalue weighted by Crippen LogP contribution is -2.44. The van der Waals surface area contributed by atoms with Crippen LogP contribution in [0.5, 0.6) is 0 Å². The summed E-state index contributed by atoms with van der Waals surface area (Å²) >= 11 is 5.80. The number of carbonyl (C=O) groups is 1. The Morgan fingerprint density at radius 3 is 2.56 bits per heavy atom. The molecule has 0 radical (unpaired) electrons. The Balaban J connectivity index is 2.82. The standard InChI is InChI=1S/C13H22ClN3O/c1-9-10(8-15-17(9)5)12(18)16-11(6-7-14)13(2,3)4/h8,11H,6-7H2,1-5H3,(H,16,18). The number of hydrogen-bond donors (Lipinski definition) is 1. The van der Waals surface area contributed by atoms with Gasteiger partial charge in [0, 0.05) is 24.7 Å². The first-order chi connectivity index (χ1) is 8.27. The highest BCUT2D eigenvalue weighted by atomic mass is 35.5. The second kappa shape index (κ2) is 5.74. The fourth-order valence-electron chi connectivity index (χ4n) is 1.79. The predicted molar refractivity (Wildman–Crippen MR) is 74.0 cm³/mol. The zero-order valence-corrected chi connectivity index (χ0v) is 12.5. The largest absolute Gasteiger partial charge is 0.349 e. The van der Waals surface area contributed by atoms with Crippen LogP contribution in [0.15, 0.2) is 6.20 Å². The highest BCUT2D eigenvalue weighted by molar-refractivity contribution is 6.17. The third kappa shape index (κ3) is 3.48. The van der Waals surface area contributed by atoms with Crippen molar-refractivity contribution >= 4 is 17.5 Å². The van der Waals surface area contributed by atoms with Gasteiger partial charge in [-0.05, 0) is 18.8 Å². The van der Waals surface area contributed by atoms with Gasteiger partial charge in [0.25, 0.3) is 5.91 Å². The van der Waals surface area contributed by atoms with E-state index in [2.05, 4.69) is 31.2 Å². The van der Waals surface area contributed by atoms with Crippen LogP contribution in [-0.4, -0.2) is 27.6 Å². The fraction of sp³-hybridized carbons (Fsp3) is 0.692. The van der Waals surface area contributed by atoms with Crippen LogP contribution in [0.2, 0.25) is 0 Å². The van der Waals surface area contributed by atoms with Gasteiger partial charge >= 0.3 is 0 Å². The van der Waals surface area contributed by atoms with Crippen LogP contribution >= 0.6 is 11.6 Å². The average molecular weight is 272 g/mol. The van der Waals surface area contributed by atoms with Crippen molar-refractivity contribution in [2.45, 2.75) is 40.2 Å². The van der Waals surface area contributed by atoms with Crippen LogP contribution in [0, 0.1) is 12.3 Å². The minimum Gasteiger partial charge on any atom is -0.349 e. The van der Waals surface area contributed by atoms with Gasteiger partial charge in [-0.25, -0.2) is 0 Å². The number of alkyl halides is 1. The molecule has 0 aliphatic heterocycles. The fourth-order valence-corrected chi connectivity index (χ4v) is 2.01. The zero-order chi connectivity index (χ0) is 13.9. The number of hydrogen-bond acceptors (Lipinski definition) is 2. The monoisotopic (exact) mass is 271 g/mol. The van der Waals surface area contributed by atoms with Crippen LogP contribution in [-0.2, 0) is 7.05 Å². The molecule has 0 spiro atoms. The van der Waals surface area contributed by atoms with Gasteiger partial charge in [-0.15, -0.1) is 11.6 Å². The summed E-state index contributed by atoms with van der Waals surface area (Å²) in [4.78, 5) is 12.2. The second-order valence-corrected chi connectivity index (χ2v) is 6.01. The molecular formula is C13H22ClN3O. The molecule has 0 bridgehead atoms. The summed E-state index contributed by atoms with van der Waals surface area (Å²) in [6, 6.07) is 0.0575. The Morgan fingerprint density at radius 1 is 1.56 bits per heavy atom. The van der Waals surface area contributed by atoms with E-state index in [0.717, 1.165) is 12.1 Å². The predicted octanol–water partition coefficient (Wildman–Crippen LogP) is 2.50. The molecule has 0 saturated heterocycles. The molecule has 5 heteroatoms. The molecule has 1 heterocycles. The van der Waals surface area contributed by atoms with Crippen molar-refractivity contribution in [1.82, 2.24) is 15.1 Å².